The first-order valence-corrected chi connectivity index (χ1v) is 13.3. The van der Waals surface area contributed by atoms with Gasteiger partial charge in [-0.05, 0) is 54.1 Å². The number of hydrogen-bond donors (Lipinski definition) is 2. The number of allylic oxidation sites excluding steroid dienone is 1. The Balaban J connectivity index is 2.08. The molecule has 3 rings (SSSR count). The second-order valence-corrected chi connectivity index (χ2v) is 11.1. The number of rotatable bonds is 7. The van der Waals surface area contributed by atoms with Gasteiger partial charge in [-0.25, -0.2) is 21.8 Å². The summed E-state index contributed by atoms with van der Waals surface area (Å²) < 4.78 is 50.1. The topological polar surface area (TPSA) is 166 Å². The van der Waals surface area contributed by atoms with Crippen LogP contribution in [0.1, 0.15) is 11.1 Å². The first-order valence-electron chi connectivity index (χ1n) is 9.53. The lowest BCUT2D eigenvalue weighted by molar-refractivity contribution is 0.601. The summed E-state index contributed by atoms with van der Waals surface area (Å²) in [5.74, 6) is 0.298. The average Bonchev–Trinajstić information content (AvgIpc) is 2.77. The Morgan fingerprint density at radius 2 is 1.53 bits per heavy atom. The normalized spacial score (nSPS) is 11.5. The van der Waals surface area contributed by atoms with Crippen molar-refractivity contribution in [3.8, 4) is 12.1 Å². The molecule has 0 fully saturated rings. The molecule has 0 atom stereocenters. The number of hydrogen-bond acceptors (Lipinski definition) is 10. The van der Waals surface area contributed by atoms with E-state index in [1.807, 2.05) is 6.07 Å². The molecule has 12 heteroatoms. The van der Waals surface area contributed by atoms with Crippen LogP contribution in [-0.4, -0.2) is 39.3 Å². The number of sulfone groups is 2. The minimum Gasteiger partial charge on any atom is -0.338 e. The summed E-state index contributed by atoms with van der Waals surface area (Å²) in [6, 6.07) is 14.4. The zero-order valence-electron chi connectivity index (χ0n) is 18.0. The third-order valence-electron chi connectivity index (χ3n) is 4.42. The molecular formula is C22H18N6O4S2. The van der Waals surface area contributed by atoms with Gasteiger partial charge in [0, 0.05) is 30.5 Å². The Hall–Kier alpha value is -4.26. The Labute approximate surface area is 197 Å². The minimum atomic E-state index is -3.88. The van der Waals surface area contributed by atoms with Gasteiger partial charge in [0.15, 0.2) is 19.7 Å². The number of aromatic nitrogens is 2. The molecule has 1 aromatic heterocycles. The molecule has 10 nitrogen and oxygen atoms in total. The van der Waals surface area contributed by atoms with E-state index in [0.29, 0.717) is 11.3 Å². The summed E-state index contributed by atoms with van der Waals surface area (Å²) in [6.07, 6.45) is 5.75. The fourth-order valence-corrected chi connectivity index (χ4v) is 4.75. The van der Waals surface area contributed by atoms with Crippen molar-refractivity contribution >= 4 is 48.9 Å². The first kappa shape index (κ1) is 24.4. The van der Waals surface area contributed by atoms with Crippen LogP contribution < -0.4 is 10.6 Å². The monoisotopic (exact) mass is 494 g/mol. The summed E-state index contributed by atoms with van der Waals surface area (Å²) in [6.45, 7) is 0. The lowest BCUT2D eigenvalue weighted by atomic mass is 10.2. The van der Waals surface area contributed by atoms with E-state index in [2.05, 4.69) is 20.6 Å². The van der Waals surface area contributed by atoms with Gasteiger partial charge in [-0.15, -0.1) is 0 Å². The molecular weight excluding hydrogens is 476 g/mol. The molecule has 2 aromatic carbocycles. The molecule has 0 spiro atoms. The molecule has 0 aliphatic carbocycles. The molecule has 0 bridgehead atoms. The fourth-order valence-electron chi connectivity index (χ4n) is 2.92. The third kappa shape index (κ3) is 5.95. The Kier molecular flexibility index (Phi) is 6.96. The predicted molar refractivity (Wildman–Crippen MR) is 127 cm³/mol. The van der Waals surface area contributed by atoms with Crippen molar-refractivity contribution in [2.45, 2.75) is 9.79 Å². The van der Waals surface area contributed by atoms with E-state index in [-0.39, 0.29) is 32.8 Å². The summed E-state index contributed by atoms with van der Waals surface area (Å²) in [5, 5.41) is 23.4. The van der Waals surface area contributed by atoms with Gasteiger partial charge in [-0.3, -0.25) is 0 Å². The fraction of sp³-hybridized carbons (Fsp3) is 0.0909. The van der Waals surface area contributed by atoms with Gasteiger partial charge in [0.2, 0.25) is 5.95 Å². The van der Waals surface area contributed by atoms with Crippen LogP contribution >= 0.6 is 0 Å². The summed E-state index contributed by atoms with van der Waals surface area (Å²) in [4.78, 5) is 7.84. The van der Waals surface area contributed by atoms with Crippen LogP contribution in [0.4, 0.5) is 23.1 Å². The van der Waals surface area contributed by atoms with Crippen LogP contribution in [0.3, 0.4) is 0 Å². The van der Waals surface area contributed by atoms with Crippen LogP contribution in [0.5, 0.6) is 0 Å². The number of nitrogens with one attached hydrogen (secondary N) is 2. The summed E-state index contributed by atoms with van der Waals surface area (Å²) >= 11 is 0. The van der Waals surface area contributed by atoms with Crippen molar-refractivity contribution in [3.05, 3.63) is 65.9 Å². The van der Waals surface area contributed by atoms with Crippen molar-refractivity contribution < 1.29 is 16.8 Å². The summed E-state index contributed by atoms with van der Waals surface area (Å²) in [5.41, 5.74) is 1.16. The standard InChI is InChI=1S/C22H18N6O4S2/c1-33(29,30)18-12-16(4-3-10-23)13-19(34(2,31)32)21(18)27-20-9-11-25-22(28-20)26-17-7-5-15(14-24)6-8-17/h3-9,11-13H,1-2H3,(H2,25,26,27,28)/b4-3+. The molecule has 0 amide bonds. The maximum atomic E-state index is 12.5. The maximum absolute atomic E-state index is 12.5. The predicted octanol–water partition coefficient (Wildman–Crippen LogP) is 3.18. The van der Waals surface area contributed by atoms with E-state index in [1.165, 1.54) is 30.5 Å². The van der Waals surface area contributed by atoms with Gasteiger partial charge in [-0.2, -0.15) is 15.5 Å². The second-order valence-electron chi connectivity index (χ2n) is 7.10. The lowest BCUT2D eigenvalue weighted by Gasteiger charge is -2.16. The average molecular weight is 495 g/mol. The first-order chi connectivity index (χ1) is 16.0. The van der Waals surface area contributed by atoms with Gasteiger partial charge in [0.25, 0.3) is 0 Å². The maximum Gasteiger partial charge on any atom is 0.229 e. The zero-order valence-corrected chi connectivity index (χ0v) is 19.6. The Morgan fingerprint density at radius 1 is 0.912 bits per heavy atom. The van der Waals surface area contributed by atoms with Crippen LogP contribution in [-0.2, 0) is 19.7 Å². The highest BCUT2D eigenvalue weighted by molar-refractivity contribution is 7.91. The SMILES string of the molecule is CS(=O)(=O)c1cc(/C=C/C#N)cc(S(C)(=O)=O)c1Nc1ccnc(Nc2ccc(C#N)cc2)n1. The largest absolute Gasteiger partial charge is 0.338 e. The van der Waals surface area contributed by atoms with Crippen LogP contribution in [0, 0.1) is 22.7 Å². The van der Waals surface area contributed by atoms with E-state index >= 15 is 0 Å². The van der Waals surface area contributed by atoms with Crippen LogP contribution in [0.2, 0.25) is 0 Å². The Morgan fingerprint density at radius 3 is 2.06 bits per heavy atom. The molecule has 2 N–H and O–H groups in total. The van der Waals surface area contributed by atoms with Crippen molar-refractivity contribution in [1.29, 1.82) is 10.5 Å². The molecule has 0 saturated carbocycles. The molecule has 0 aliphatic heterocycles. The number of benzene rings is 2. The van der Waals surface area contributed by atoms with Gasteiger partial charge < -0.3 is 10.6 Å². The molecule has 0 unspecified atom stereocenters. The van der Waals surface area contributed by atoms with Gasteiger partial charge >= 0.3 is 0 Å². The molecule has 0 aliphatic rings. The van der Waals surface area contributed by atoms with Gasteiger partial charge in [0.1, 0.15) is 5.82 Å². The highest BCUT2D eigenvalue weighted by Crippen LogP contribution is 2.34. The van der Waals surface area contributed by atoms with Crippen molar-refractivity contribution in [2.75, 3.05) is 23.1 Å². The smallest absolute Gasteiger partial charge is 0.229 e. The van der Waals surface area contributed by atoms with Gasteiger partial charge in [-0.1, -0.05) is 0 Å². The molecule has 1 heterocycles. The van der Waals surface area contributed by atoms with Crippen molar-refractivity contribution in [1.82, 2.24) is 9.97 Å². The van der Waals surface area contributed by atoms with Crippen LogP contribution in [0.15, 0.2) is 64.5 Å². The molecule has 172 valence electrons. The second kappa shape index (κ2) is 9.70. The zero-order chi connectivity index (χ0) is 24.9. The minimum absolute atomic E-state index is 0.140. The Bertz CT molecular complexity index is 1510. The third-order valence-corrected chi connectivity index (χ3v) is 6.66. The number of anilines is 4. The quantitative estimate of drug-likeness (QED) is 0.466. The van der Waals surface area contributed by atoms with E-state index < -0.39 is 19.7 Å². The van der Waals surface area contributed by atoms with E-state index in [1.54, 1.807) is 30.3 Å². The summed E-state index contributed by atoms with van der Waals surface area (Å²) in [7, 11) is -7.76. The molecule has 3 aromatic rings. The van der Waals surface area contributed by atoms with Crippen molar-refractivity contribution in [3.63, 3.8) is 0 Å². The van der Waals surface area contributed by atoms with E-state index in [4.69, 9.17) is 10.5 Å². The van der Waals surface area contributed by atoms with E-state index in [9.17, 15) is 16.8 Å². The number of nitrogens with zero attached hydrogens (tertiary/aromatic N) is 4. The van der Waals surface area contributed by atoms with E-state index in [0.717, 1.165) is 18.6 Å². The highest BCUT2D eigenvalue weighted by Gasteiger charge is 2.24. The van der Waals surface area contributed by atoms with Crippen molar-refractivity contribution in [2.24, 2.45) is 0 Å². The van der Waals surface area contributed by atoms with Gasteiger partial charge in [0.05, 0.1) is 33.2 Å². The lowest BCUT2D eigenvalue weighted by Crippen LogP contribution is -2.11. The van der Waals surface area contributed by atoms with Crippen LogP contribution in [0.25, 0.3) is 6.08 Å². The molecule has 0 saturated heterocycles. The molecule has 34 heavy (non-hydrogen) atoms. The number of nitriles is 2. The molecule has 0 radical (unpaired) electrons. The highest BCUT2D eigenvalue weighted by atomic mass is 32.2.